The average Bonchev–Trinajstić information content (AvgIpc) is 3.24. The predicted molar refractivity (Wildman–Crippen MR) is 212 cm³/mol. The van der Waals surface area contributed by atoms with E-state index in [4.69, 9.17) is 35.3 Å². The van der Waals surface area contributed by atoms with Crippen molar-refractivity contribution in [3.63, 3.8) is 0 Å². The Labute approximate surface area is 345 Å². The molecule has 0 amide bonds. The minimum absolute atomic E-state index is 0.0127. The molecule has 0 radical (unpaired) electrons. The van der Waals surface area contributed by atoms with Gasteiger partial charge in [-0.1, -0.05) is 35.9 Å². The number of likely N-dealkylation sites (N-methyl/N-ethyl adjacent to an activating group) is 1. The molecule has 0 fully saturated rings. The van der Waals surface area contributed by atoms with E-state index in [-0.39, 0.29) is 57.4 Å². The first-order chi connectivity index (χ1) is 28.3. The number of aliphatic hydroxyl groups excluding tert-OH is 7. The molecule has 0 spiro atoms. The summed E-state index contributed by atoms with van der Waals surface area (Å²) in [5, 5.41) is 78.4. The van der Waals surface area contributed by atoms with Crippen LogP contribution < -0.4 is 18.9 Å². The van der Waals surface area contributed by atoms with Gasteiger partial charge in [0.15, 0.2) is 23.9 Å². The summed E-state index contributed by atoms with van der Waals surface area (Å²) in [6.45, 7) is 1.47. The molecule has 17 heteroatoms. The van der Waals surface area contributed by atoms with Crippen molar-refractivity contribution in [1.29, 1.82) is 5.26 Å². The van der Waals surface area contributed by atoms with Crippen LogP contribution in [0.3, 0.4) is 0 Å². The lowest BCUT2D eigenvalue weighted by atomic mass is 9.96. The fraction of sp³-hybridized carbons (Fsp3) is 0.405. The zero-order chi connectivity index (χ0) is 42.6. The maximum Gasteiger partial charge on any atom is 0.162 e. The van der Waals surface area contributed by atoms with Crippen LogP contribution in [0.2, 0.25) is 5.02 Å². The lowest BCUT2D eigenvalue weighted by Crippen LogP contribution is -2.44. The van der Waals surface area contributed by atoms with Crippen LogP contribution >= 0.6 is 11.6 Å². The second-order valence-electron chi connectivity index (χ2n) is 14.2. The number of fused-ring (bicyclic) bond motifs is 1. The second kappa shape index (κ2) is 21.4. The number of aliphatic hydroxyl groups is 7. The third-order valence-electron chi connectivity index (χ3n) is 9.63. The van der Waals surface area contributed by atoms with Crippen molar-refractivity contribution in [2.75, 3.05) is 40.0 Å². The summed E-state index contributed by atoms with van der Waals surface area (Å²) in [6.07, 6.45) is -6.68. The maximum absolute atomic E-state index is 10.7. The van der Waals surface area contributed by atoms with E-state index < -0.39 is 49.3 Å². The molecule has 0 bridgehead atoms. The molecule has 7 atom stereocenters. The number of hydrogen-bond donors (Lipinski definition) is 7. The fourth-order valence-corrected chi connectivity index (χ4v) is 6.52. The zero-order valence-electron chi connectivity index (χ0n) is 32.4. The highest BCUT2D eigenvalue weighted by molar-refractivity contribution is 6.32. The summed E-state index contributed by atoms with van der Waals surface area (Å²) in [5.41, 5.74) is 5.18. The molecular formula is C42H48ClN3O13. The zero-order valence-corrected chi connectivity index (χ0v) is 33.2. The predicted octanol–water partition coefficient (Wildman–Crippen LogP) is 1.68. The van der Waals surface area contributed by atoms with Gasteiger partial charge in [-0.3, -0.25) is 9.88 Å². The molecule has 1 aliphatic heterocycles. The van der Waals surface area contributed by atoms with Crippen LogP contribution in [0, 0.1) is 18.3 Å². The molecule has 1 aliphatic rings. The van der Waals surface area contributed by atoms with Crippen LogP contribution in [0.15, 0.2) is 67.0 Å². The first kappa shape index (κ1) is 45.2. The highest BCUT2D eigenvalue weighted by atomic mass is 35.5. The number of aldehydes is 1. The third kappa shape index (κ3) is 12.1. The van der Waals surface area contributed by atoms with Crippen molar-refractivity contribution in [3.05, 3.63) is 99.8 Å². The Kier molecular flexibility index (Phi) is 16.4. The molecule has 16 nitrogen and oxygen atoms in total. The van der Waals surface area contributed by atoms with Gasteiger partial charge < -0.3 is 64.2 Å². The van der Waals surface area contributed by atoms with Crippen LogP contribution in [-0.2, 0) is 29.3 Å². The van der Waals surface area contributed by atoms with E-state index in [9.17, 15) is 45.8 Å². The number of hydrogen-bond acceptors (Lipinski definition) is 16. The van der Waals surface area contributed by atoms with Gasteiger partial charge in [-0.15, -0.1) is 0 Å². The number of nitriles is 1. The first-order valence-corrected chi connectivity index (χ1v) is 19.0. The smallest absolute Gasteiger partial charge is 0.162 e. The maximum atomic E-state index is 10.7. The van der Waals surface area contributed by atoms with Crippen molar-refractivity contribution in [3.8, 4) is 40.2 Å². The van der Waals surface area contributed by atoms with E-state index >= 15 is 0 Å². The third-order valence-corrected chi connectivity index (χ3v) is 9.92. The van der Waals surface area contributed by atoms with E-state index in [1.807, 2.05) is 37.3 Å². The first-order valence-electron chi connectivity index (χ1n) is 18.7. The summed E-state index contributed by atoms with van der Waals surface area (Å²) in [6, 6.07) is 18.4. The number of carbonyl (C=O) groups is 1. The minimum atomic E-state index is -1.73. The number of aromatic nitrogens is 1. The molecule has 5 rings (SSSR count). The van der Waals surface area contributed by atoms with Gasteiger partial charge in [-0.25, -0.2) is 0 Å². The van der Waals surface area contributed by atoms with Crippen molar-refractivity contribution >= 4 is 17.9 Å². The van der Waals surface area contributed by atoms with Crippen molar-refractivity contribution in [2.45, 2.75) is 69.4 Å². The van der Waals surface area contributed by atoms with Crippen LogP contribution in [0.1, 0.15) is 27.8 Å². The SMILES string of the molecule is Cc1c(COc2cc(OCc3cncc(C#N)c3)c(CN(C)C[C@H](O)[C@@H](O)[C@@H](O)CO)cc2Cl)cccc1-c1ccc2c(c1)OC(COC[C@H](O)[C@H](O)[C@@H](O)C=O)CO2. The van der Waals surface area contributed by atoms with E-state index in [1.54, 1.807) is 42.4 Å². The molecule has 7 N–H and O–H groups in total. The molecule has 0 saturated heterocycles. The topological polar surface area (TPSA) is 245 Å². The largest absolute Gasteiger partial charge is 0.488 e. The molecule has 1 unspecified atom stereocenters. The number of ether oxygens (including phenoxy) is 5. The Balaban J connectivity index is 1.29. The lowest BCUT2D eigenvalue weighted by Gasteiger charge is -2.27. The van der Waals surface area contributed by atoms with Gasteiger partial charge >= 0.3 is 0 Å². The van der Waals surface area contributed by atoms with Crippen LogP contribution in [0.5, 0.6) is 23.0 Å². The number of halogens is 1. The number of nitrogens with zero attached hydrogens (tertiary/aromatic N) is 3. The van der Waals surface area contributed by atoms with Crippen LogP contribution in [0.4, 0.5) is 0 Å². The highest BCUT2D eigenvalue weighted by Crippen LogP contribution is 2.38. The van der Waals surface area contributed by atoms with E-state index in [0.29, 0.717) is 39.7 Å². The molecular weight excluding hydrogens is 790 g/mol. The summed E-state index contributed by atoms with van der Waals surface area (Å²) in [7, 11) is 1.70. The summed E-state index contributed by atoms with van der Waals surface area (Å²) in [5.74, 6) is 1.75. The number of pyridine rings is 1. The Morgan fingerprint density at radius 2 is 1.73 bits per heavy atom. The molecule has 2 heterocycles. The Hall–Kier alpha value is -4.90. The molecule has 1 aromatic heterocycles. The van der Waals surface area contributed by atoms with E-state index in [2.05, 4.69) is 11.1 Å². The van der Waals surface area contributed by atoms with Crippen molar-refractivity contribution in [2.24, 2.45) is 0 Å². The van der Waals surface area contributed by atoms with E-state index in [0.717, 1.165) is 22.3 Å². The van der Waals surface area contributed by atoms with Gasteiger partial charge in [0.05, 0.1) is 36.5 Å². The van der Waals surface area contributed by atoms with Gasteiger partial charge in [-0.05, 0) is 60.5 Å². The average molecular weight is 838 g/mol. The summed E-state index contributed by atoms with van der Waals surface area (Å²) < 4.78 is 30.0. The Morgan fingerprint density at radius 3 is 2.47 bits per heavy atom. The molecule has 316 valence electrons. The van der Waals surface area contributed by atoms with E-state index in [1.165, 1.54) is 6.20 Å². The Bertz CT molecular complexity index is 2070. The summed E-state index contributed by atoms with van der Waals surface area (Å²) >= 11 is 6.77. The van der Waals surface area contributed by atoms with Crippen molar-refractivity contribution < 1.29 is 64.2 Å². The number of carbonyl (C=O) groups excluding carboxylic acids is 1. The molecule has 0 saturated carbocycles. The quantitative estimate of drug-likeness (QED) is 0.0591. The monoisotopic (exact) mass is 837 g/mol. The summed E-state index contributed by atoms with van der Waals surface area (Å²) in [4.78, 5) is 16.5. The van der Waals surface area contributed by atoms with Crippen LogP contribution in [0.25, 0.3) is 11.1 Å². The van der Waals surface area contributed by atoms with Gasteiger partial charge in [-0.2, -0.15) is 5.26 Å². The van der Waals surface area contributed by atoms with Crippen molar-refractivity contribution in [1.82, 2.24) is 9.88 Å². The lowest BCUT2D eigenvalue weighted by molar-refractivity contribution is -0.130. The van der Waals surface area contributed by atoms with Gasteiger partial charge in [0.25, 0.3) is 0 Å². The second-order valence-corrected chi connectivity index (χ2v) is 14.6. The molecule has 4 aromatic rings. The number of rotatable bonds is 21. The van der Waals surface area contributed by atoms with Crippen LogP contribution in [-0.4, -0.2) is 135 Å². The fourth-order valence-electron chi connectivity index (χ4n) is 6.28. The minimum Gasteiger partial charge on any atom is -0.488 e. The number of benzene rings is 3. The highest BCUT2D eigenvalue weighted by Gasteiger charge is 2.28. The molecule has 0 aliphatic carbocycles. The molecule has 3 aromatic carbocycles. The Morgan fingerprint density at radius 1 is 0.949 bits per heavy atom. The molecule has 59 heavy (non-hydrogen) atoms. The normalized spacial score (nSPS) is 16.7. The van der Waals surface area contributed by atoms with Gasteiger partial charge in [0.2, 0.25) is 0 Å². The van der Waals surface area contributed by atoms with Gasteiger partial charge in [0.1, 0.15) is 67.9 Å². The van der Waals surface area contributed by atoms with Gasteiger partial charge in [0, 0.05) is 42.7 Å². The standard InChI is InChI=1S/C42H48ClN3O13/c1-24-28(4-3-5-31(24)27-6-7-37-40(10-27)59-30(22-58-37)21-55-23-36(52)42(54)35(51)18-48)20-57-39-11-38(56-19-26-8-25(12-44)13-45-14-26)29(9-32(39)43)15-46(2)16-33(49)41(53)34(50)17-47/h3-11,13-14,18,30,33-36,41-42,47,49-54H,15-17,19-23H2,1-2H3/t30?,33-,34-,35-,36-,41+,42+/m0/s1.